The van der Waals surface area contributed by atoms with Crippen molar-refractivity contribution in [3.63, 3.8) is 0 Å². The van der Waals surface area contributed by atoms with E-state index in [0.717, 1.165) is 53.3 Å². The lowest BCUT2D eigenvalue weighted by Crippen LogP contribution is -2.12. The van der Waals surface area contributed by atoms with Crippen molar-refractivity contribution in [3.05, 3.63) is 108 Å². The van der Waals surface area contributed by atoms with E-state index < -0.39 is 0 Å². The molecule has 1 aromatic heterocycles. The van der Waals surface area contributed by atoms with Crippen LogP contribution in [0.1, 0.15) is 41.1 Å². The first-order valence-electron chi connectivity index (χ1n) is 11.7. The molecule has 5 rings (SSSR count). The van der Waals surface area contributed by atoms with Gasteiger partial charge in [0.2, 0.25) is 0 Å². The van der Waals surface area contributed by atoms with Gasteiger partial charge in [-0.25, -0.2) is 9.78 Å². The van der Waals surface area contributed by atoms with Gasteiger partial charge in [0.25, 0.3) is 0 Å². The molecular weight excluding hydrogens is 422 g/mol. The van der Waals surface area contributed by atoms with E-state index in [4.69, 9.17) is 14.1 Å². The SMILES string of the molecule is COC(=O)c1cccc(C2=CCCCC2Cc2nc(-c3ccccc3)c(-c3ccccc3)o2)c1. The summed E-state index contributed by atoms with van der Waals surface area (Å²) in [4.78, 5) is 17.0. The van der Waals surface area contributed by atoms with Crippen molar-refractivity contribution in [2.45, 2.75) is 25.7 Å². The summed E-state index contributed by atoms with van der Waals surface area (Å²) in [5.41, 5.74) is 5.81. The zero-order valence-electron chi connectivity index (χ0n) is 19.2. The van der Waals surface area contributed by atoms with Gasteiger partial charge >= 0.3 is 5.97 Å². The van der Waals surface area contributed by atoms with Gasteiger partial charge in [0.1, 0.15) is 5.69 Å². The second-order valence-corrected chi connectivity index (χ2v) is 8.58. The van der Waals surface area contributed by atoms with Crippen molar-refractivity contribution < 1.29 is 13.9 Å². The first-order valence-corrected chi connectivity index (χ1v) is 11.7. The third kappa shape index (κ3) is 4.58. The van der Waals surface area contributed by atoms with Crippen LogP contribution in [0.25, 0.3) is 28.2 Å². The summed E-state index contributed by atoms with van der Waals surface area (Å²) in [6, 6.07) is 28.0. The Labute approximate surface area is 199 Å². The summed E-state index contributed by atoms with van der Waals surface area (Å²) in [5.74, 6) is 1.49. The van der Waals surface area contributed by atoms with E-state index >= 15 is 0 Å². The first kappa shape index (κ1) is 21.9. The van der Waals surface area contributed by atoms with E-state index in [1.165, 1.54) is 12.7 Å². The third-order valence-electron chi connectivity index (χ3n) is 6.35. The molecule has 0 spiro atoms. The average molecular weight is 450 g/mol. The van der Waals surface area contributed by atoms with Crippen LogP contribution in [0.4, 0.5) is 0 Å². The molecule has 0 saturated heterocycles. The van der Waals surface area contributed by atoms with Crippen LogP contribution in [0.5, 0.6) is 0 Å². The van der Waals surface area contributed by atoms with Crippen LogP contribution in [0.3, 0.4) is 0 Å². The molecule has 4 nitrogen and oxygen atoms in total. The van der Waals surface area contributed by atoms with E-state index in [0.29, 0.717) is 12.0 Å². The number of benzene rings is 3. The molecule has 1 unspecified atom stereocenters. The number of carbonyl (C=O) groups excluding carboxylic acids is 1. The minimum atomic E-state index is -0.317. The summed E-state index contributed by atoms with van der Waals surface area (Å²) in [6.45, 7) is 0. The van der Waals surface area contributed by atoms with E-state index in [-0.39, 0.29) is 11.9 Å². The van der Waals surface area contributed by atoms with Crippen LogP contribution in [0.2, 0.25) is 0 Å². The molecule has 3 aromatic carbocycles. The van der Waals surface area contributed by atoms with E-state index in [9.17, 15) is 4.79 Å². The predicted octanol–water partition coefficient (Wildman–Crippen LogP) is 7.22. The smallest absolute Gasteiger partial charge is 0.337 e. The van der Waals surface area contributed by atoms with Crippen molar-refractivity contribution in [1.82, 2.24) is 4.98 Å². The van der Waals surface area contributed by atoms with Gasteiger partial charge in [-0.3, -0.25) is 0 Å². The number of hydrogen-bond donors (Lipinski definition) is 0. The Morgan fingerprint density at radius 1 is 0.941 bits per heavy atom. The lowest BCUT2D eigenvalue weighted by Gasteiger charge is -2.24. The summed E-state index contributed by atoms with van der Waals surface area (Å²) in [5, 5.41) is 0. The Hall–Kier alpha value is -3.92. The van der Waals surface area contributed by atoms with E-state index in [1.807, 2.05) is 48.5 Å². The molecule has 0 aliphatic heterocycles. The molecule has 1 atom stereocenters. The fraction of sp³-hybridized carbons (Fsp3) is 0.200. The Balaban J connectivity index is 1.49. The minimum absolute atomic E-state index is 0.271. The van der Waals surface area contributed by atoms with E-state index in [1.54, 1.807) is 6.07 Å². The number of methoxy groups -OCH3 is 1. The largest absolute Gasteiger partial charge is 0.465 e. The Morgan fingerprint density at radius 3 is 2.38 bits per heavy atom. The van der Waals surface area contributed by atoms with Crippen LogP contribution in [-0.2, 0) is 11.2 Å². The van der Waals surface area contributed by atoms with Crippen molar-refractivity contribution in [2.24, 2.45) is 5.92 Å². The average Bonchev–Trinajstić information content (AvgIpc) is 3.33. The standard InChI is InChI=1S/C30H27NO3/c1-33-30(32)25-17-10-16-23(19-25)26-18-9-8-15-24(26)20-27-31-28(21-11-4-2-5-12-21)29(34-27)22-13-6-3-7-14-22/h2-7,10-14,16-19,24H,8-9,15,20H2,1H3. The molecular formula is C30H27NO3. The molecule has 1 heterocycles. The number of rotatable bonds is 6. The first-order chi connectivity index (χ1) is 16.7. The van der Waals surface area contributed by atoms with E-state index in [2.05, 4.69) is 36.4 Å². The van der Waals surface area contributed by atoms with Crippen LogP contribution >= 0.6 is 0 Å². The zero-order chi connectivity index (χ0) is 23.3. The molecule has 4 heteroatoms. The van der Waals surface area contributed by atoms with Crippen molar-refractivity contribution >= 4 is 11.5 Å². The predicted molar refractivity (Wildman–Crippen MR) is 134 cm³/mol. The summed E-state index contributed by atoms with van der Waals surface area (Å²) in [7, 11) is 1.41. The number of allylic oxidation sites excluding steroid dienone is 2. The molecule has 0 radical (unpaired) electrons. The molecule has 0 amide bonds. The van der Waals surface area contributed by atoms with Gasteiger partial charge in [-0.15, -0.1) is 0 Å². The molecule has 1 aliphatic carbocycles. The number of nitrogens with zero attached hydrogens (tertiary/aromatic N) is 1. The normalized spacial score (nSPS) is 15.6. The molecule has 0 saturated carbocycles. The van der Waals surface area contributed by atoms with Crippen molar-refractivity contribution in [3.8, 4) is 22.6 Å². The highest BCUT2D eigenvalue weighted by atomic mass is 16.5. The molecule has 34 heavy (non-hydrogen) atoms. The number of esters is 1. The lowest BCUT2D eigenvalue weighted by molar-refractivity contribution is 0.0600. The molecule has 1 aliphatic rings. The molecule has 0 bridgehead atoms. The number of carbonyl (C=O) groups is 1. The van der Waals surface area contributed by atoms with Crippen LogP contribution in [0, 0.1) is 5.92 Å². The Bertz CT molecular complexity index is 1250. The number of hydrogen-bond acceptors (Lipinski definition) is 4. The van der Waals surface area contributed by atoms with Gasteiger partial charge < -0.3 is 9.15 Å². The summed E-state index contributed by atoms with van der Waals surface area (Å²) >= 11 is 0. The minimum Gasteiger partial charge on any atom is -0.465 e. The number of aromatic nitrogens is 1. The van der Waals surface area contributed by atoms with Gasteiger partial charge in [0.15, 0.2) is 11.7 Å². The Morgan fingerprint density at radius 2 is 1.65 bits per heavy atom. The monoisotopic (exact) mass is 449 g/mol. The maximum absolute atomic E-state index is 12.1. The van der Waals surface area contributed by atoms with Gasteiger partial charge in [-0.05, 0) is 48.4 Å². The fourth-order valence-corrected chi connectivity index (χ4v) is 4.69. The van der Waals surface area contributed by atoms with Gasteiger partial charge in [0, 0.05) is 17.5 Å². The highest BCUT2D eigenvalue weighted by Crippen LogP contribution is 2.38. The van der Waals surface area contributed by atoms with Gasteiger partial charge in [-0.2, -0.15) is 0 Å². The van der Waals surface area contributed by atoms with Crippen molar-refractivity contribution in [2.75, 3.05) is 7.11 Å². The second kappa shape index (κ2) is 9.92. The Kier molecular flexibility index (Phi) is 6.39. The summed E-state index contributed by atoms with van der Waals surface area (Å²) < 4.78 is 11.3. The topological polar surface area (TPSA) is 52.3 Å². The highest BCUT2D eigenvalue weighted by Gasteiger charge is 2.24. The van der Waals surface area contributed by atoms with Gasteiger partial charge in [0.05, 0.1) is 12.7 Å². The third-order valence-corrected chi connectivity index (χ3v) is 6.35. The summed E-state index contributed by atoms with van der Waals surface area (Å²) in [6.07, 6.45) is 6.22. The maximum Gasteiger partial charge on any atom is 0.337 e. The van der Waals surface area contributed by atoms with Crippen LogP contribution in [-0.4, -0.2) is 18.1 Å². The lowest BCUT2D eigenvalue weighted by atomic mass is 9.81. The fourth-order valence-electron chi connectivity index (χ4n) is 4.69. The number of oxazole rings is 1. The highest BCUT2D eigenvalue weighted by molar-refractivity contribution is 5.90. The van der Waals surface area contributed by atoms with Gasteiger partial charge in [-0.1, -0.05) is 78.9 Å². The second-order valence-electron chi connectivity index (χ2n) is 8.58. The van der Waals surface area contributed by atoms with Crippen LogP contribution in [0.15, 0.2) is 95.4 Å². The van der Waals surface area contributed by atoms with Crippen molar-refractivity contribution in [1.29, 1.82) is 0 Å². The molecule has 4 aromatic rings. The number of ether oxygens (including phenoxy) is 1. The molecule has 0 fully saturated rings. The maximum atomic E-state index is 12.1. The van der Waals surface area contributed by atoms with Crippen LogP contribution < -0.4 is 0 Å². The quantitative estimate of drug-likeness (QED) is 0.292. The zero-order valence-corrected chi connectivity index (χ0v) is 19.2. The molecule has 0 N–H and O–H groups in total. The molecule has 170 valence electrons.